The highest BCUT2D eigenvalue weighted by atomic mass is 16.6. The topological polar surface area (TPSA) is 72.8 Å². The number of carbonyl (C=O) groups excluding carboxylic acids is 2. The number of ether oxygens (including phenoxy) is 2. The molecule has 64 heavy (non-hydrogen) atoms. The fraction of sp³-hybridized carbons (Fsp3) is 0.932. The lowest BCUT2D eigenvalue weighted by atomic mass is 10.0. The molecule has 0 aromatic carbocycles. The molecule has 0 bridgehead atoms. The van der Waals surface area contributed by atoms with Gasteiger partial charge >= 0.3 is 11.9 Å². The number of carbonyl (C=O) groups is 2. The Bertz CT molecular complexity index is 932. The molecule has 0 radical (unpaired) electrons. The van der Waals surface area contributed by atoms with Crippen molar-refractivity contribution in [2.75, 3.05) is 13.2 Å². The van der Waals surface area contributed by atoms with E-state index in [1.54, 1.807) is 0 Å². The number of rotatable bonds is 55. The molecule has 0 saturated carbocycles. The highest BCUT2D eigenvalue weighted by Gasteiger charge is 2.16. The van der Waals surface area contributed by atoms with Crippen LogP contribution in [-0.4, -0.2) is 36.4 Å². The van der Waals surface area contributed by atoms with Gasteiger partial charge in [-0.15, -0.1) is 0 Å². The molecule has 0 amide bonds. The van der Waals surface area contributed by atoms with Crippen molar-refractivity contribution in [1.82, 2.24) is 0 Å². The molecule has 0 fully saturated rings. The van der Waals surface area contributed by atoms with Crippen molar-refractivity contribution >= 4 is 11.9 Å². The highest BCUT2D eigenvalue weighted by Crippen LogP contribution is 2.18. The molecule has 1 unspecified atom stereocenters. The Labute approximate surface area is 401 Å². The molecule has 1 atom stereocenters. The van der Waals surface area contributed by atoms with Crippen LogP contribution >= 0.6 is 0 Å². The summed E-state index contributed by atoms with van der Waals surface area (Å²) in [6.45, 7) is 4.13. The first-order valence-corrected chi connectivity index (χ1v) is 29.2. The van der Waals surface area contributed by atoms with Gasteiger partial charge in [0.25, 0.3) is 0 Å². The van der Waals surface area contributed by atoms with Gasteiger partial charge in [-0.25, -0.2) is 0 Å². The maximum absolute atomic E-state index is 12.2. The van der Waals surface area contributed by atoms with Gasteiger partial charge in [0.2, 0.25) is 0 Å². The van der Waals surface area contributed by atoms with Crippen LogP contribution in [0.4, 0.5) is 0 Å². The van der Waals surface area contributed by atoms with Crippen molar-refractivity contribution in [2.24, 2.45) is 0 Å². The van der Waals surface area contributed by atoms with Crippen molar-refractivity contribution in [2.45, 2.75) is 341 Å². The minimum absolute atomic E-state index is 0.0629. The smallest absolute Gasteiger partial charge is 0.306 e. The van der Waals surface area contributed by atoms with Crippen molar-refractivity contribution in [3.8, 4) is 0 Å². The Hall–Kier alpha value is -1.36. The van der Waals surface area contributed by atoms with Gasteiger partial charge in [-0.3, -0.25) is 9.59 Å². The summed E-state index contributed by atoms with van der Waals surface area (Å²) in [7, 11) is 0. The average Bonchev–Trinajstić information content (AvgIpc) is 3.30. The van der Waals surface area contributed by atoms with Gasteiger partial charge in [0.1, 0.15) is 6.61 Å². The molecule has 0 aromatic rings. The predicted octanol–water partition coefficient (Wildman–Crippen LogP) is 19.5. The van der Waals surface area contributed by atoms with Gasteiger partial charge in [0.05, 0.1) is 6.61 Å². The zero-order chi connectivity index (χ0) is 46.3. The number of allylic oxidation sites excluding steroid dienone is 2. The number of hydrogen-bond donors (Lipinski definition) is 1. The minimum atomic E-state index is -0.770. The van der Waals surface area contributed by atoms with Gasteiger partial charge in [-0.1, -0.05) is 302 Å². The molecule has 1 N–H and O–H groups in total. The van der Waals surface area contributed by atoms with Gasteiger partial charge in [0.15, 0.2) is 6.10 Å². The molecular weight excluding hydrogens is 789 g/mol. The predicted molar refractivity (Wildman–Crippen MR) is 279 cm³/mol. The summed E-state index contributed by atoms with van der Waals surface area (Å²) in [5.74, 6) is -0.586. The van der Waals surface area contributed by atoms with E-state index in [-0.39, 0.29) is 25.2 Å². The first-order valence-electron chi connectivity index (χ1n) is 29.2. The van der Waals surface area contributed by atoms with Crippen LogP contribution < -0.4 is 0 Å². The second-order valence-corrected chi connectivity index (χ2v) is 20.1. The van der Waals surface area contributed by atoms with Crippen LogP contribution in [0, 0.1) is 0 Å². The molecule has 5 heteroatoms. The molecule has 0 spiro atoms. The summed E-state index contributed by atoms with van der Waals surface area (Å²) >= 11 is 0. The molecule has 5 nitrogen and oxygen atoms in total. The first-order chi connectivity index (χ1) is 31.6. The van der Waals surface area contributed by atoms with E-state index in [9.17, 15) is 14.7 Å². The van der Waals surface area contributed by atoms with Crippen LogP contribution in [0.2, 0.25) is 0 Å². The van der Waals surface area contributed by atoms with E-state index in [0.29, 0.717) is 12.8 Å². The van der Waals surface area contributed by atoms with Gasteiger partial charge in [0, 0.05) is 12.8 Å². The summed E-state index contributed by atoms with van der Waals surface area (Å²) in [4.78, 5) is 24.4. The van der Waals surface area contributed by atoms with Crippen molar-refractivity contribution in [1.29, 1.82) is 0 Å². The number of aliphatic hydroxyl groups excluding tert-OH is 1. The fourth-order valence-electron chi connectivity index (χ4n) is 9.13. The van der Waals surface area contributed by atoms with E-state index >= 15 is 0 Å². The van der Waals surface area contributed by atoms with Gasteiger partial charge in [-0.05, 0) is 32.1 Å². The lowest BCUT2D eigenvalue weighted by molar-refractivity contribution is -0.161. The van der Waals surface area contributed by atoms with E-state index in [1.807, 2.05) is 0 Å². The molecule has 0 aromatic heterocycles. The third-order valence-electron chi connectivity index (χ3n) is 13.6. The Balaban J connectivity index is 3.30. The molecule has 0 aliphatic heterocycles. The molecule has 0 saturated heterocycles. The van der Waals surface area contributed by atoms with E-state index in [1.165, 1.54) is 270 Å². The van der Waals surface area contributed by atoms with Crippen molar-refractivity contribution in [3.05, 3.63) is 12.2 Å². The standard InChI is InChI=1S/C59H114O5/c1-3-5-7-9-11-13-15-16-17-18-19-20-21-22-23-24-25-26-27-28-29-30-31-32-33-34-35-36-37-38-39-40-41-42-44-45-47-49-51-53-58(61)63-56-57(55-60)64-59(62)54-52-50-48-46-43-14-12-10-8-6-4-2/h10,12,57,60H,3-9,11,13-56H2,1-2H3/b12-10-. The Morgan fingerprint density at radius 3 is 0.891 bits per heavy atom. The minimum Gasteiger partial charge on any atom is -0.462 e. The van der Waals surface area contributed by atoms with Crippen molar-refractivity contribution < 1.29 is 24.2 Å². The Kier molecular flexibility index (Phi) is 54.8. The van der Waals surface area contributed by atoms with Crippen LogP contribution in [-0.2, 0) is 19.1 Å². The maximum atomic E-state index is 12.2. The van der Waals surface area contributed by atoms with Crippen molar-refractivity contribution in [3.63, 3.8) is 0 Å². The molecule has 0 aliphatic rings. The highest BCUT2D eigenvalue weighted by molar-refractivity contribution is 5.70. The quantitative estimate of drug-likeness (QED) is 0.0374. The Morgan fingerprint density at radius 1 is 0.344 bits per heavy atom. The molecule has 0 aliphatic carbocycles. The largest absolute Gasteiger partial charge is 0.462 e. The molecular formula is C59H114O5. The third-order valence-corrected chi connectivity index (χ3v) is 13.6. The van der Waals surface area contributed by atoms with E-state index < -0.39 is 6.10 Å². The number of esters is 2. The fourth-order valence-corrected chi connectivity index (χ4v) is 9.13. The molecule has 380 valence electrons. The molecule has 0 rings (SSSR count). The first kappa shape index (κ1) is 62.6. The summed E-state index contributed by atoms with van der Waals surface area (Å²) in [5.41, 5.74) is 0. The molecule has 0 heterocycles. The summed E-state index contributed by atoms with van der Waals surface area (Å²) in [6.07, 6.45) is 69.5. The van der Waals surface area contributed by atoms with Crippen LogP contribution in [0.1, 0.15) is 335 Å². The van der Waals surface area contributed by atoms with E-state index in [2.05, 4.69) is 26.0 Å². The van der Waals surface area contributed by atoms with E-state index in [4.69, 9.17) is 9.47 Å². The zero-order valence-electron chi connectivity index (χ0n) is 43.6. The van der Waals surface area contributed by atoms with Crippen LogP contribution in [0.15, 0.2) is 12.2 Å². The summed E-state index contributed by atoms with van der Waals surface area (Å²) in [5, 5.41) is 9.59. The van der Waals surface area contributed by atoms with Gasteiger partial charge < -0.3 is 14.6 Å². The van der Waals surface area contributed by atoms with Crippen LogP contribution in [0.3, 0.4) is 0 Å². The summed E-state index contributed by atoms with van der Waals surface area (Å²) < 4.78 is 10.6. The maximum Gasteiger partial charge on any atom is 0.306 e. The normalized spacial score (nSPS) is 12.1. The number of hydrogen-bond acceptors (Lipinski definition) is 5. The van der Waals surface area contributed by atoms with Crippen LogP contribution in [0.25, 0.3) is 0 Å². The van der Waals surface area contributed by atoms with E-state index in [0.717, 1.165) is 38.5 Å². The lowest BCUT2D eigenvalue weighted by Gasteiger charge is -2.15. The average molecular weight is 904 g/mol. The second kappa shape index (κ2) is 56.0. The number of unbranched alkanes of at least 4 members (excludes halogenated alkanes) is 45. The zero-order valence-corrected chi connectivity index (χ0v) is 43.6. The summed E-state index contributed by atoms with van der Waals surface area (Å²) in [6, 6.07) is 0. The van der Waals surface area contributed by atoms with Gasteiger partial charge in [-0.2, -0.15) is 0 Å². The SMILES string of the molecule is CCCC/C=C\CCCCCCCC(=O)OC(CO)COC(=O)CCCCCCCCCCCCCCCCCCCCCCCCCCCCCCCCCCCCCCCCC. The Morgan fingerprint density at radius 2 is 0.594 bits per heavy atom. The van der Waals surface area contributed by atoms with Crippen LogP contribution in [0.5, 0.6) is 0 Å². The lowest BCUT2D eigenvalue weighted by Crippen LogP contribution is -2.28. The number of aliphatic hydroxyl groups is 1. The third kappa shape index (κ3) is 53.3. The monoisotopic (exact) mass is 903 g/mol. The second-order valence-electron chi connectivity index (χ2n) is 20.1.